The SMILES string of the molecule is CC1(C)OB(c2cc(CCN)c(F)cn2)OC1(C)C. The molecule has 0 unspecified atom stereocenters. The molecule has 0 saturated carbocycles. The molecule has 4 nitrogen and oxygen atoms in total. The van der Waals surface area contributed by atoms with Crippen LogP contribution in [-0.4, -0.2) is 29.8 Å². The molecule has 0 radical (unpaired) electrons. The molecule has 6 heteroatoms. The number of aromatic nitrogens is 1. The summed E-state index contributed by atoms with van der Waals surface area (Å²) >= 11 is 0. The normalized spacial score (nSPS) is 20.8. The second-order valence-corrected chi connectivity index (χ2v) is 5.83. The lowest BCUT2D eigenvalue weighted by atomic mass is 9.83. The highest BCUT2D eigenvalue weighted by molar-refractivity contribution is 6.61. The Labute approximate surface area is 113 Å². The van der Waals surface area contributed by atoms with Gasteiger partial charge in [0.05, 0.1) is 23.0 Å². The van der Waals surface area contributed by atoms with Crippen LogP contribution in [0.1, 0.15) is 33.3 Å². The Bertz CT molecular complexity index is 464. The van der Waals surface area contributed by atoms with Crippen molar-refractivity contribution in [3.05, 3.63) is 23.6 Å². The molecule has 1 aromatic rings. The third-order valence-corrected chi connectivity index (χ3v) is 3.86. The maximum atomic E-state index is 13.5. The Kier molecular flexibility index (Phi) is 3.68. The largest absolute Gasteiger partial charge is 0.514 e. The highest BCUT2D eigenvalue weighted by Crippen LogP contribution is 2.36. The topological polar surface area (TPSA) is 57.4 Å². The number of nitrogens with zero attached hydrogens (tertiary/aromatic N) is 1. The Hall–Kier alpha value is -0.975. The van der Waals surface area contributed by atoms with E-state index in [2.05, 4.69) is 4.98 Å². The maximum absolute atomic E-state index is 13.5. The number of hydrogen-bond donors (Lipinski definition) is 1. The quantitative estimate of drug-likeness (QED) is 0.830. The third kappa shape index (κ3) is 2.66. The standard InChI is InChI=1S/C13H20BFN2O2/c1-12(2)13(3,4)19-14(18-12)11-7-9(5-6-16)10(15)8-17-11/h7-8H,5-6,16H2,1-4H3. The molecule has 0 aliphatic carbocycles. The molecule has 0 amide bonds. The van der Waals surface area contributed by atoms with Gasteiger partial charge in [0, 0.05) is 0 Å². The average Bonchev–Trinajstić information content (AvgIpc) is 2.51. The summed E-state index contributed by atoms with van der Waals surface area (Å²) in [6, 6.07) is 1.67. The maximum Gasteiger partial charge on any atom is 0.514 e. The van der Waals surface area contributed by atoms with Crippen LogP contribution < -0.4 is 11.3 Å². The van der Waals surface area contributed by atoms with E-state index in [1.165, 1.54) is 6.20 Å². The van der Waals surface area contributed by atoms with Gasteiger partial charge in [0.25, 0.3) is 0 Å². The van der Waals surface area contributed by atoms with Crippen LogP contribution in [0.15, 0.2) is 12.3 Å². The highest BCUT2D eigenvalue weighted by Gasteiger charge is 2.52. The summed E-state index contributed by atoms with van der Waals surface area (Å²) in [6.07, 6.45) is 1.67. The van der Waals surface area contributed by atoms with E-state index < -0.39 is 18.3 Å². The molecule has 1 aliphatic rings. The van der Waals surface area contributed by atoms with Crippen LogP contribution in [0.2, 0.25) is 0 Å². The molecule has 2 N–H and O–H groups in total. The van der Waals surface area contributed by atoms with Crippen LogP contribution in [0.25, 0.3) is 0 Å². The smallest absolute Gasteiger partial charge is 0.398 e. The molecule has 1 aromatic heterocycles. The summed E-state index contributed by atoms with van der Waals surface area (Å²) in [7, 11) is -0.567. The third-order valence-electron chi connectivity index (χ3n) is 3.86. The zero-order valence-electron chi connectivity index (χ0n) is 11.9. The van der Waals surface area contributed by atoms with Gasteiger partial charge in [-0.2, -0.15) is 0 Å². The molecule has 0 spiro atoms. The lowest BCUT2D eigenvalue weighted by Gasteiger charge is -2.32. The van der Waals surface area contributed by atoms with Crippen LogP contribution in [0.4, 0.5) is 4.39 Å². The fourth-order valence-electron chi connectivity index (χ4n) is 1.94. The fraction of sp³-hybridized carbons (Fsp3) is 0.615. The van der Waals surface area contributed by atoms with Gasteiger partial charge in [0.15, 0.2) is 0 Å². The minimum Gasteiger partial charge on any atom is -0.398 e. The molecule has 2 heterocycles. The van der Waals surface area contributed by atoms with Gasteiger partial charge in [-0.1, -0.05) is 0 Å². The molecule has 1 fully saturated rings. The van der Waals surface area contributed by atoms with Crippen LogP contribution in [0.5, 0.6) is 0 Å². The van der Waals surface area contributed by atoms with E-state index >= 15 is 0 Å². The summed E-state index contributed by atoms with van der Waals surface area (Å²) in [5.74, 6) is -0.342. The lowest BCUT2D eigenvalue weighted by molar-refractivity contribution is 0.00578. The fourth-order valence-corrected chi connectivity index (χ4v) is 1.94. The van der Waals surface area contributed by atoms with Gasteiger partial charge < -0.3 is 15.0 Å². The van der Waals surface area contributed by atoms with Crippen molar-refractivity contribution in [2.24, 2.45) is 5.73 Å². The molecule has 0 aromatic carbocycles. The summed E-state index contributed by atoms with van der Waals surface area (Å²) in [4.78, 5) is 4.07. The Morgan fingerprint density at radius 3 is 2.37 bits per heavy atom. The number of nitrogens with two attached hydrogens (primary N) is 1. The summed E-state index contributed by atoms with van der Waals surface area (Å²) in [6.45, 7) is 8.27. The predicted molar refractivity (Wildman–Crippen MR) is 72.7 cm³/mol. The Morgan fingerprint density at radius 1 is 1.26 bits per heavy atom. The molecule has 0 bridgehead atoms. The first-order valence-electron chi connectivity index (χ1n) is 6.47. The first kappa shape index (κ1) is 14.4. The molecule has 2 rings (SSSR count). The average molecular weight is 266 g/mol. The molecule has 19 heavy (non-hydrogen) atoms. The molecule has 1 aliphatic heterocycles. The molecule has 104 valence electrons. The van der Waals surface area contributed by atoms with Crippen molar-refractivity contribution in [3.63, 3.8) is 0 Å². The van der Waals surface area contributed by atoms with Gasteiger partial charge >= 0.3 is 7.12 Å². The van der Waals surface area contributed by atoms with Gasteiger partial charge in [-0.25, -0.2) is 4.39 Å². The van der Waals surface area contributed by atoms with E-state index in [0.717, 1.165) is 0 Å². The first-order valence-corrected chi connectivity index (χ1v) is 6.47. The van der Waals surface area contributed by atoms with Crippen molar-refractivity contribution in [2.75, 3.05) is 6.54 Å². The Balaban J connectivity index is 2.27. The van der Waals surface area contributed by atoms with Gasteiger partial charge in [-0.3, -0.25) is 4.98 Å². The van der Waals surface area contributed by atoms with Crippen molar-refractivity contribution in [1.29, 1.82) is 0 Å². The highest BCUT2D eigenvalue weighted by atomic mass is 19.1. The first-order chi connectivity index (χ1) is 8.77. The van der Waals surface area contributed by atoms with E-state index in [9.17, 15) is 4.39 Å². The number of pyridine rings is 1. The molecule has 0 atom stereocenters. The van der Waals surface area contributed by atoms with E-state index in [4.69, 9.17) is 15.0 Å². The summed E-state index contributed by atoms with van der Waals surface area (Å²) in [5.41, 5.74) is 5.74. The van der Waals surface area contributed by atoms with Crippen LogP contribution in [0, 0.1) is 5.82 Å². The van der Waals surface area contributed by atoms with Gasteiger partial charge in [0.1, 0.15) is 5.82 Å². The Morgan fingerprint density at radius 2 is 1.84 bits per heavy atom. The number of halogens is 1. The second-order valence-electron chi connectivity index (χ2n) is 5.83. The second kappa shape index (κ2) is 4.85. The van der Waals surface area contributed by atoms with Crippen LogP contribution in [-0.2, 0) is 15.7 Å². The van der Waals surface area contributed by atoms with Crippen molar-refractivity contribution in [3.8, 4) is 0 Å². The minimum absolute atomic E-state index is 0.342. The minimum atomic E-state index is -0.567. The van der Waals surface area contributed by atoms with Crippen molar-refractivity contribution in [2.45, 2.75) is 45.3 Å². The van der Waals surface area contributed by atoms with E-state index in [-0.39, 0.29) is 5.82 Å². The zero-order valence-corrected chi connectivity index (χ0v) is 11.9. The summed E-state index contributed by atoms with van der Waals surface area (Å²) in [5, 5.41) is 0. The van der Waals surface area contributed by atoms with E-state index in [0.29, 0.717) is 24.1 Å². The summed E-state index contributed by atoms with van der Waals surface area (Å²) < 4.78 is 25.3. The molecule has 1 saturated heterocycles. The number of rotatable bonds is 3. The van der Waals surface area contributed by atoms with Gasteiger partial charge in [0.2, 0.25) is 0 Å². The van der Waals surface area contributed by atoms with Crippen LogP contribution >= 0.6 is 0 Å². The van der Waals surface area contributed by atoms with E-state index in [1.54, 1.807) is 6.07 Å². The van der Waals surface area contributed by atoms with Crippen molar-refractivity contribution in [1.82, 2.24) is 4.98 Å². The van der Waals surface area contributed by atoms with Crippen LogP contribution in [0.3, 0.4) is 0 Å². The monoisotopic (exact) mass is 266 g/mol. The molecular formula is C13H20BFN2O2. The van der Waals surface area contributed by atoms with Crippen molar-refractivity contribution < 1.29 is 13.7 Å². The lowest BCUT2D eigenvalue weighted by Crippen LogP contribution is -2.41. The van der Waals surface area contributed by atoms with E-state index in [1.807, 2.05) is 27.7 Å². The number of hydrogen-bond acceptors (Lipinski definition) is 4. The zero-order chi connectivity index (χ0) is 14.3. The molecular weight excluding hydrogens is 246 g/mol. The van der Waals surface area contributed by atoms with Crippen molar-refractivity contribution >= 4 is 12.7 Å². The van der Waals surface area contributed by atoms with Gasteiger partial charge in [-0.05, 0) is 52.3 Å². The predicted octanol–water partition coefficient (Wildman–Crippen LogP) is 1.02. The van der Waals surface area contributed by atoms with Gasteiger partial charge in [-0.15, -0.1) is 0 Å².